The normalized spacial score (nSPS) is 9.60. The maximum absolute atomic E-state index is 10.1. The molecular formula is C12H9NO2. The molecule has 1 aromatic carbocycles. The molecule has 3 nitrogen and oxygen atoms in total. The molecule has 0 saturated carbocycles. The van der Waals surface area contributed by atoms with Gasteiger partial charge in [-0.15, -0.1) is 0 Å². The first kappa shape index (κ1) is 9.40. The number of carbonyl (C=O) groups is 1. The Kier molecular flexibility index (Phi) is 2.74. The molecule has 0 amide bonds. The molecule has 0 radical (unpaired) electrons. The van der Waals surface area contributed by atoms with Crippen LogP contribution in [-0.4, -0.2) is 11.5 Å². The molecule has 74 valence electrons. The lowest BCUT2D eigenvalue weighted by Crippen LogP contribution is -1.88. The molecule has 0 bridgehead atoms. The number of hydrogen-bond acceptors (Lipinski definition) is 3. The van der Waals surface area contributed by atoms with E-state index in [-0.39, 0.29) is 0 Å². The first-order valence-electron chi connectivity index (χ1n) is 4.52. The first-order valence-corrected chi connectivity index (χ1v) is 4.52. The van der Waals surface area contributed by atoms with Crippen molar-refractivity contribution in [3.05, 3.63) is 48.7 Å². The Morgan fingerprint density at radius 3 is 2.47 bits per heavy atom. The van der Waals surface area contributed by atoms with Gasteiger partial charge in [0.25, 0.3) is 6.47 Å². The van der Waals surface area contributed by atoms with E-state index in [4.69, 9.17) is 4.74 Å². The Balaban J connectivity index is 2.28. The SMILES string of the molecule is O=COc1ccc(-c2ccccn2)cc1. The van der Waals surface area contributed by atoms with Crippen molar-refractivity contribution in [1.29, 1.82) is 0 Å². The Morgan fingerprint density at radius 2 is 1.87 bits per heavy atom. The Bertz CT molecular complexity index is 437. The molecular weight excluding hydrogens is 190 g/mol. The van der Waals surface area contributed by atoms with Crippen LogP contribution in [-0.2, 0) is 4.79 Å². The van der Waals surface area contributed by atoms with Gasteiger partial charge < -0.3 is 4.74 Å². The smallest absolute Gasteiger partial charge is 0.298 e. The van der Waals surface area contributed by atoms with Crippen LogP contribution in [0, 0.1) is 0 Å². The van der Waals surface area contributed by atoms with Gasteiger partial charge in [-0.25, -0.2) is 0 Å². The second-order valence-electron chi connectivity index (χ2n) is 2.95. The summed E-state index contributed by atoms with van der Waals surface area (Å²) >= 11 is 0. The van der Waals surface area contributed by atoms with Crippen molar-refractivity contribution in [2.45, 2.75) is 0 Å². The molecule has 0 atom stereocenters. The van der Waals surface area contributed by atoms with Crippen molar-refractivity contribution in [3.63, 3.8) is 0 Å². The van der Waals surface area contributed by atoms with Crippen molar-refractivity contribution in [2.24, 2.45) is 0 Å². The summed E-state index contributed by atoms with van der Waals surface area (Å²) in [6.45, 7) is 0.412. The largest absolute Gasteiger partial charge is 0.429 e. The van der Waals surface area contributed by atoms with Crippen LogP contribution in [0.25, 0.3) is 11.3 Å². The number of aromatic nitrogens is 1. The summed E-state index contributed by atoms with van der Waals surface area (Å²) in [7, 11) is 0. The van der Waals surface area contributed by atoms with Crippen LogP contribution >= 0.6 is 0 Å². The van der Waals surface area contributed by atoms with Crippen molar-refractivity contribution >= 4 is 6.47 Å². The third-order valence-corrected chi connectivity index (χ3v) is 2.00. The van der Waals surface area contributed by atoms with Gasteiger partial charge in [0.05, 0.1) is 5.69 Å². The van der Waals surface area contributed by atoms with Gasteiger partial charge in [0.2, 0.25) is 0 Å². The standard InChI is InChI=1S/C12H9NO2/c14-9-15-11-6-4-10(5-7-11)12-3-1-2-8-13-12/h1-9H. The van der Waals surface area contributed by atoms with E-state index in [1.807, 2.05) is 30.3 Å². The average Bonchev–Trinajstić information content (AvgIpc) is 2.32. The summed E-state index contributed by atoms with van der Waals surface area (Å²) in [6, 6.07) is 12.9. The molecule has 0 saturated heterocycles. The lowest BCUT2D eigenvalue weighted by molar-refractivity contribution is -0.120. The molecule has 0 unspecified atom stereocenters. The molecule has 0 fully saturated rings. The number of carbonyl (C=O) groups excluding carboxylic acids is 1. The molecule has 0 aliphatic carbocycles. The minimum absolute atomic E-state index is 0.412. The van der Waals surface area contributed by atoms with Gasteiger partial charge in [-0.2, -0.15) is 0 Å². The molecule has 15 heavy (non-hydrogen) atoms. The summed E-state index contributed by atoms with van der Waals surface area (Å²) in [6.07, 6.45) is 1.74. The third-order valence-electron chi connectivity index (χ3n) is 2.00. The van der Waals surface area contributed by atoms with Gasteiger partial charge in [-0.1, -0.05) is 6.07 Å². The topological polar surface area (TPSA) is 39.2 Å². The van der Waals surface area contributed by atoms with E-state index < -0.39 is 0 Å². The average molecular weight is 199 g/mol. The van der Waals surface area contributed by atoms with Crippen molar-refractivity contribution in [2.75, 3.05) is 0 Å². The van der Waals surface area contributed by atoms with Crippen LogP contribution in [0.1, 0.15) is 0 Å². The first-order chi connectivity index (χ1) is 7.40. The van der Waals surface area contributed by atoms with Crippen molar-refractivity contribution < 1.29 is 9.53 Å². The molecule has 0 N–H and O–H groups in total. The molecule has 0 spiro atoms. The van der Waals surface area contributed by atoms with Crippen LogP contribution < -0.4 is 4.74 Å². The molecule has 2 aromatic rings. The van der Waals surface area contributed by atoms with E-state index in [0.717, 1.165) is 11.3 Å². The zero-order valence-electron chi connectivity index (χ0n) is 7.96. The van der Waals surface area contributed by atoms with Crippen molar-refractivity contribution in [1.82, 2.24) is 4.98 Å². The van der Waals surface area contributed by atoms with Gasteiger partial charge in [0.15, 0.2) is 0 Å². The minimum atomic E-state index is 0.412. The van der Waals surface area contributed by atoms with Crippen LogP contribution in [0.2, 0.25) is 0 Å². The second-order valence-corrected chi connectivity index (χ2v) is 2.95. The lowest BCUT2D eigenvalue weighted by Gasteiger charge is -2.01. The zero-order chi connectivity index (χ0) is 10.5. The van der Waals surface area contributed by atoms with E-state index in [0.29, 0.717) is 12.2 Å². The summed E-state index contributed by atoms with van der Waals surface area (Å²) in [5, 5.41) is 0. The Labute approximate surface area is 87.3 Å². The number of pyridine rings is 1. The number of benzene rings is 1. The van der Waals surface area contributed by atoms with E-state index in [2.05, 4.69) is 4.98 Å². The highest BCUT2D eigenvalue weighted by Crippen LogP contribution is 2.19. The van der Waals surface area contributed by atoms with Crippen molar-refractivity contribution in [3.8, 4) is 17.0 Å². The number of ether oxygens (including phenoxy) is 1. The molecule has 3 heteroatoms. The molecule has 1 heterocycles. The van der Waals surface area contributed by atoms with Crippen LogP contribution in [0.5, 0.6) is 5.75 Å². The highest BCUT2D eigenvalue weighted by molar-refractivity contribution is 5.60. The summed E-state index contributed by atoms with van der Waals surface area (Å²) in [5.74, 6) is 0.532. The number of nitrogens with zero attached hydrogens (tertiary/aromatic N) is 1. The predicted octanol–water partition coefficient (Wildman–Crippen LogP) is 2.28. The molecule has 1 aromatic heterocycles. The van der Waals surface area contributed by atoms with Gasteiger partial charge in [0, 0.05) is 11.8 Å². The minimum Gasteiger partial charge on any atom is -0.429 e. The van der Waals surface area contributed by atoms with Gasteiger partial charge >= 0.3 is 0 Å². The zero-order valence-corrected chi connectivity index (χ0v) is 7.96. The van der Waals surface area contributed by atoms with Crippen LogP contribution in [0.3, 0.4) is 0 Å². The lowest BCUT2D eigenvalue weighted by atomic mass is 10.1. The van der Waals surface area contributed by atoms with Gasteiger partial charge in [-0.05, 0) is 36.4 Å². The Hall–Kier alpha value is -2.16. The fraction of sp³-hybridized carbons (Fsp3) is 0. The van der Waals surface area contributed by atoms with Crippen LogP contribution in [0.4, 0.5) is 0 Å². The maximum atomic E-state index is 10.1. The molecule has 0 aliphatic rings. The number of rotatable bonds is 3. The van der Waals surface area contributed by atoms with Crippen LogP contribution in [0.15, 0.2) is 48.7 Å². The van der Waals surface area contributed by atoms with Gasteiger partial charge in [0.1, 0.15) is 5.75 Å². The van der Waals surface area contributed by atoms with E-state index >= 15 is 0 Å². The third kappa shape index (κ3) is 2.20. The quantitative estimate of drug-likeness (QED) is 0.712. The highest BCUT2D eigenvalue weighted by Gasteiger charge is 1.98. The summed E-state index contributed by atoms with van der Waals surface area (Å²) < 4.78 is 4.70. The van der Waals surface area contributed by atoms with E-state index in [9.17, 15) is 4.79 Å². The summed E-state index contributed by atoms with van der Waals surface area (Å²) in [4.78, 5) is 14.3. The number of hydrogen-bond donors (Lipinski definition) is 0. The highest BCUT2D eigenvalue weighted by atomic mass is 16.5. The monoisotopic (exact) mass is 199 g/mol. The summed E-state index contributed by atoms with van der Waals surface area (Å²) in [5.41, 5.74) is 1.89. The van der Waals surface area contributed by atoms with E-state index in [1.165, 1.54) is 0 Å². The van der Waals surface area contributed by atoms with Gasteiger partial charge in [-0.3, -0.25) is 9.78 Å². The fourth-order valence-corrected chi connectivity index (χ4v) is 1.29. The second kappa shape index (κ2) is 4.37. The molecule has 0 aliphatic heterocycles. The molecule has 2 rings (SSSR count). The maximum Gasteiger partial charge on any atom is 0.298 e. The predicted molar refractivity (Wildman–Crippen MR) is 56.4 cm³/mol. The Morgan fingerprint density at radius 1 is 1.07 bits per heavy atom. The fourth-order valence-electron chi connectivity index (χ4n) is 1.29. The van der Waals surface area contributed by atoms with E-state index in [1.54, 1.807) is 18.3 Å².